The number of rotatable bonds is 9. The van der Waals surface area contributed by atoms with Crippen molar-refractivity contribution in [2.75, 3.05) is 16.5 Å². The number of carbonyl (C=O) groups is 1. The predicted molar refractivity (Wildman–Crippen MR) is 171 cm³/mol. The third-order valence-electron chi connectivity index (χ3n) is 7.26. The van der Waals surface area contributed by atoms with Gasteiger partial charge in [-0.05, 0) is 81.3 Å². The summed E-state index contributed by atoms with van der Waals surface area (Å²) in [5.41, 5.74) is 6.65. The van der Waals surface area contributed by atoms with Crippen LogP contribution >= 0.6 is 23.2 Å². The van der Waals surface area contributed by atoms with Gasteiger partial charge in [-0.1, -0.05) is 65.2 Å². The Kier molecular flexibility index (Phi) is 8.76. The number of nitrogens with zero attached hydrogens (tertiary/aromatic N) is 3. The summed E-state index contributed by atoms with van der Waals surface area (Å²) in [6, 6.07) is 25.4. The molecule has 0 aromatic heterocycles. The summed E-state index contributed by atoms with van der Waals surface area (Å²) in [6.07, 6.45) is -0.551. The van der Waals surface area contributed by atoms with Crippen LogP contribution in [0.2, 0.25) is 10.0 Å². The fourth-order valence-corrected chi connectivity index (χ4v) is 5.39. The van der Waals surface area contributed by atoms with Gasteiger partial charge >= 0.3 is 0 Å². The molecule has 5 rings (SSSR count). The second-order valence-electron chi connectivity index (χ2n) is 10.3. The van der Waals surface area contributed by atoms with E-state index in [-0.39, 0.29) is 12.4 Å². The minimum absolute atomic E-state index is 0.149. The summed E-state index contributed by atoms with van der Waals surface area (Å²) in [5, 5.41) is 7.85. The first-order valence-corrected chi connectivity index (χ1v) is 14.6. The van der Waals surface area contributed by atoms with Crippen LogP contribution in [0.5, 0.6) is 11.5 Å². The molecule has 4 aromatic rings. The molecule has 1 aliphatic rings. The Balaban J connectivity index is 1.69. The second-order valence-corrected chi connectivity index (χ2v) is 11.1. The second kappa shape index (κ2) is 12.5. The van der Waals surface area contributed by atoms with Crippen LogP contribution in [0.15, 0.2) is 84.0 Å². The highest BCUT2D eigenvalue weighted by atomic mass is 35.5. The zero-order chi connectivity index (χ0) is 30.0. The predicted octanol–water partition coefficient (Wildman–Crippen LogP) is 8.82. The van der Waals surface area contributed by atoms with Crippen molar-refractivity contribution in [1.82, 2.24) is 0 Å². The highest BCUT2D eigenvalue weighted by Gasteiger charge is 2.41. The molecule has 6 nitrogen and oxygen atoms in total. The number of hydrogen-bond donors (Lipinski definition) is 0. The van der Waals surface area contributed by atoms with Crippen LogP contribution in [-0.2, 0) is 11.4 Å². The highest BCUT2D eigenvalue weighted by molar-refractivity contribution is 6.44. The summed E-state index contributed by atoms with van der Waals surface area (Å²) >= 11 is 12.6. The molecule has 0 spiro atoms. The molecule has 0 bridgehead atoms. The molecule has 1 atom stereocenters. The van der Waals surface area contributed by atoms with Gasteiger partial charge in [-0.25, -0.2) is 5.01 Å². The summed E-state index contributed by atoms with van der Waals surface area (Å²) in [6.45, 7) is 10.3. The summed E-state index contributed by atoms with van der Waals surface area (Å²) < 4.78 is 12.6. The molecule has 0 saturated heterocycles. The number of aryl methyl sites for hydroxylation is 3. The first-order chi connectivity index (χ1) is 20.2. The van der Waals surface area contributed by atoms with Crippen LogP contribution in [0, 0.1) is 20.8 Å². The van der Waals surface area contributed by atoms with Gasteiger partial charge in [0.15, 0.2) is 29.3 Å². The average Bonchev–Trinajstić information content (AvgIpc) is 3.36. The van der Waals surface area contributed by atoms with E-state index in [9.17, 15) is 4.79 Å². The number of halogens is 2. The zero-order valence-corrected chi connectivity index (χ0v) is 25.8. The molecule has 216 valence electrons. The molecular weight excluding hydrogens is 569 g/mol. The molecule has 0 aliphatic carbocycles. The van der Waals surface area contributed by atoms with Crippen molar-refractivity contribution in [2.45, 2.75) is 47.4 Å². The third-order valence-corrected chi connectivity index (χ3v) is 7.85. The van der Waals surface area contributed by atoms with Crippen LogP contribution in [0.25, 0.3) is 0 Å². The number of carbonyl (C=O) groups excluding carboxylic acids is 1. The molecule has 0 amide bonds. The number of Topliss-reactive ketones (excluding diaryl/α,β-unsaturated/α-hetero) is 1. The van der Waals surface area contributed by atoms with Gasteiger partial charge in [0.2, 0.25) is 0 Å². The Bertz CT molecular complexity index is 1650. The molecule has 42 heavy (non-hydrogen) atoms. The van der Waals surface area contributed by atoms with Gasteiger partial charge < -0.3 is 9.47 Å². The standard InChI is InChI=1S/C34H33Cl2N3O3/c1-6-41-31-9-7-8-29(32(31)42-20-25-13-14-26(35)19-30(25)36)34-38(28-17-12-22(3)23(4)18-28)33(24(5)40)37-39(34)27-15-10-21(2)11-16-27/h7-19,34H,6,20H2,1-5H3/t34-/m0/s1. The number of ketones is 1. The lowest BCUT2D eigenvalue weighted by molar-refractivity contribution is -0.111. The van der Waals surface area contributed by atoms with E-state index >= 15 is 0 Å². The van der Waals surface area contributed by atoms with Crippen molar-refractivity contribution in [3.8, 4) is 11.5 Å². The molecule has 0 unspecified atom stereocenters. The van der Waals surface area contributed by atoms with Crippen LogP contribution in [0.1, 0.15) is 47.8 Å². The first kappa shape index (κ1) is 29.5. The topological polar surface area (TPSA) is 54.4 Å². The van der Waals surface area contributed by atoms with Crippen LogP contribution in [0.4, 0.5) is 11.4 Å². The van der Waals surface area contributed by atoms with Gasteiger partial charge in [0.25, 0.3) is 0 Å². The minimum atomic E-state index is -0.551. The van der Waals surface area contributed by atoms with Crippen molar-refractivity contribution in [1.29, 1.82) is 0 Å². The lowest BCUT2D eigenvalue weighted by Gasteiger charge is -2.33. The SMILES string of the molecule is CCOc1cccc([C@@H]2N(c3ccc(C)cc3)N=C(C(C)=O)N2c2ccc(C)c(C)c2)c1OCc1ccc(Cl)cc1Cl. The van der Waals surface area contributed by atoms with Crippen LogP contribution in [0.3, 0.4) is 0 Å². The molecule has 0 radical (unpaired) electrons. The number of amidine groups is 1. The van der Waals surface area contributed by atoms with Crippen molar-refractivity contribution < 1.29 is 14.3 Å². The number of hydrazone groups is 1. The van der Waals surface area contributed by atoms with E-state index in [4.69, 9.17) is 37.8 Å². The van der Waals surface area contributed by atoms with Crippen molar-refractivity contribution in [3.63, 3.8) is 0 Å². The normalized spacial score (nSPS) is 14.6. The van der Waals surface area contributed by atoms with Gasteiger partial charge in [-0.3, -0.25) is 9.69 Å². The number of ether oxygens (including phenoxy) is 2. The fraction of sp³-hybridized carbons (Fsp3) is 0.235. The van der Waals surface area contributed by atoms with E-state index in [1.165, 1.54) is 0 Å². The van der Waals surface area contributed by atoms with E-state index < -0.39 is 6.17 Å². The molecule has 0 N–H and O–H groups in total. The Morgan fingerprint density at radius 1 is 0.881 bits per heavy atom. The summed E-state index contributed by atoms with van der Waals surface area (Å²) in [7, 11) is 0. The number of hydrogen-bond acceptors (Lipinski definition) is 6. The van der Waals surface area contributed by atoms with Crippen LogP contribution < -0.4 is 19.4 Å². The maximum Gasteiger partial charge on any atom is 0.198 e. The Morgan fingerprint density at radius 3 is 2.29 bits per heavy atom. The smallest absolute Gasteiger partial charge is 0.198 e. The van der Waals surface area contributed by atoms with E-state index in [0.29, 0.717) is 34.0 Å². The molecule has 1 heterocycles. The summed E-state index contributed by atoms with van der Waals surface area (Å²) in [5.74, 6) is 1.31. The minimum Gasteiger partial charge on any atom is -0.490 e. The van der Waals surface area contributed by atoms with E-state index in [1.54, 1.807) is 19.1 Å². The van der Waals surface area contributed by atoms with Gasteiger partial charge in [0.1, 0.15) is 6.61 Å². The van der Waals surface area contributed by atoms with Gasteiger partial charge in [0.05, 0.1) is 12.3 Å². The molecule has 4 aromatic carbocycles. The maximum atomic E-state index is 13.1. The van der Waals surface area contributed by atoms with E-state index in [2.05, 4.69) is 26.0 Å². The van der Waals surface area contributed by atoms with E-state index in [1.807, 2.05) is 78.4 Å². The number of para-hydroxylation sites is 1. The molecule has 8 heteroatoms. The van der Waals surface area contributed by atoms with Crippen molar-refractivity contribution in [2.24, 2.45) is 5.10 Å². The Hall–Kier alpha value is -4.00. The number of anilines is 2. The fourth-order valence-electron chi connectivity index (χ4n) is 4.92. The largest absolute Gasteiger partial charge is 0.490 e. The lowest BCUT2D eigenvalue weighted by Crippen LogP contribution is -2.38. The third kappa shape index (κ3) is 5.96. The summed E-state index contributed by atoms with van der Waals surface area (Å²) in [4.78, 5) is 15.1. The number of benzene rings is 4. The molecule has 1 aliphatic heterocycles. The van der Waals surface area contributed by atoms with Gasteiger partial charge in [0, 0.05) is 33.8 Å². The van der Waals surface area contributed by atoms with Crippen molar-refractivity contribution in [3.05, 3.63) is 117 Å². The average molecular weight is 603 g/mol. The Labute approximate surface area is 257 Å². The quantitative estimate of drug-likeness (QED) is 0.192. The first-order valence-electron chi connectivity index (χ1n) is 13.8. The lowest BCUT2D eigenvalue weighted by atomic mass is 10.0. The van der Waals surface area contributed by atoms with Gasteiger partial charge in [-0.15, -0.1) is 5.10 Å². The van der Waals surface area contributed by atoms with E-state index in [0.717, 1.165) is 39.2 Å². The van der Waals surface area contributed by atoms with Crippen molar-refractivity contribution >= 4 is 46.2 Å². The monoisotopic (exact) mass is 601 g/mol. The maximum absolute atomic E-state index is 13.1. The van der Waals surface area contributed by atoms with Crippen LogP contribution in [-0.4, -0.2) is 18.2 Å². The Morgan fingerprint density at radius 2 is 1.62 bits per heavy atom. The zero-order valence-electron chi connectivity index (χ0n) is 24.3. The highest BCUT2D eigenvalue weighted by Crippen LogP contribution is 2.45. The molecule has 0 saturated carbocycles. The molecule has 0 fully saturated rings. The molecular formula is C34H33Cl2N3O3. The van der Waals surface area contributed by atoms with Gasteiger partial charge in [-0.2, -0.15) is 0 Å².